The van der Waals surface area contributed by atoms with Gasteiger partial charge >= 0.3 is 0 Å². The summed E-state index contributed by atoms with van der Waals surface area (Å²) in [7, 11) is -1.13. The summed E-state index contributed by atoms with van der Waals surface area (Å²) < 4.78 is 13.3. The maximum atomic E-state index is 13.3. The molecular formula is C17H26FNOP+. The van der Waals surface area contributed by atoms with Crippen molar-refractivity contribution in [3.05, 3.63) is 29.1 Å². The Morgan fingerprint density at radius 1 is 1.14 bits per heavy atom. The zero-order valence-electron chi connectivity index (χ0n) is 13.3. The summed E-state index contributed by atoms with van der Waals surface area (Å²) >= 11 is 0. The van der Waals surface area contributed by atoms with E-state index in [1.165, 1.54) is 50.1 Å². The second kappa shape index (κ2) is 6.87. The monoisotopic (exact) mass is 310 g/mol. The molecular weight excluding hydrogens is 284 g/mol. The van der Waals surface area contributed by atoms with Gasteiger partial charge in [0.2, 0.25) is 0 Å². The van der Waals surface area contributed by atoms with E-state index < -0.39 is 7.26 Å². The maximum Gasteiger partial charge on any atom is 0.261 e. The fourth-order valence-corrected chi connectivity index (χ4v) is 6.53. The Morgan fingerprint density at radius 2 is 1.67 bits per heavy atom. The van der Waals surface area contributed by atoms with E-state index in [0.29, 0.717) is 6.16 Å². The highest BCUT2D eigenvalue weighted by Gasteiger charge is 2.35. The molecule has 1 saturated heterocycles. The van der Waals surface area contributed by atoms with Gasteiger partial charge < -0.3 is 5.32 Å². The zero-order valence-corrected chi connectivity index (χ0v) is 14.2. The van der Waals surface area contributed by atoms with Gasteiger partial charge in [0, 0.05) is 19.6 Å². The van der Waals surface area contributed by atoms with Crippen LogP contribution in [-0.2, 0) is 4.79 Å². The lowest BCUT2D eigenvalue weighted by Crippen LogP contribution is -2.21. The molecule has 0 spiro atoms. The Kier molecular flexibility index (Phi) is 5.37. The number of halogens is 1. The quantitative estimate of drug-likeness (QED) is 0.812. The summed E-state index contributed by atoms with van der Waals surface area (Å²) in [5.41, 5.74) is 2.37. The molecule has 0 saturated carbocycles. The summed E-state index contributed by atoms with van der Waals surface area (Å²) in [5.74, 6) is -0.142. The van der Waals surface area contributed by atoms with Gasteiger partial charge in [-0.2, -0.15) is 0 Å². The summed E-state index contributed by atoms with van der Waals surface area (Å²) in [4.78, 5) is 12.4. The molecule has 0 radical (unpaired) electrons. The highest BCUT2D eigenvalue weighted by molar-refractivity contribution is 7.76. The first-order valence-corrected chi connectivity index (χ1v) is 10.6. The SMILES string of the molecule is Cc1cc(F)cc(C)c1NC(=O)C[P+]1(C)CCCCCC1. The predicted molar refractivity (Wildman–Crippen MR) is 90.4 cm³/mol. The minimum absolute atomic E-state index is 0.102. The number of carbonyl (C=O) groups excluding carboxylic acids is 1. The molecule has 0 aromatic heterocycles. The number of benzene rings is 1. The van der Waals surface area contributed by atoms with Crippen LogP contribution in [0.5, 0.6) is 0 Å². The summed E-state index contributed by atoms with van der Waals surface area (Å²) in [5, 5.41) is 3.02. The topological polar surface area (TPSA) is 29.1 Å². The molecule has 1 aliphatic heterocycles. The fraction of sp³-hybridized carbons (Fsp3) is 0.588. The summed E-state index contributed by atoms with van der Waals surface area (Å²) in [6.45, 7) is 6.02. The van der Waals surface area contributed by atoms with Gasteiger partial charge in [0.05, 0.1) is 12.3 Å². The van der Waals surface area contributed by atoms with E-state index in [1.807, 2.05) is 13.8 Å². The number of nitrogens with one attached hydrogen (secondary N) is 1. The van der Waals surface area contributed by atoms with Crippen molar-refractivity contribution in [1.82, 2.24) is 0 Å². The number of amides is 1. The molecule has 0 aliphatic carbocycles. The number of rotatable bonds is 3. The summed E-state index contributed by atoms with van der Waals surface area (Å²) in [6.07, 6.45) is 8.31. The van der Waals surface area contributed by atoms with Crippen molar-refractivity contribution in [1.29, 1.82) is 0 Å². The highest BCUT2D eigenvalue weighted by atomic mass is 31.2. The highest BCUT2D eigenvalue weighted by Crippen LogP contribution is 2.57. The van der Waals surface area contributed by atoms with Crippen LogP contribution < -0.4 is 5.32 Å². The molecule has 0 bridgehead atoms. The molecule has 2 nitrogen and oxygen atoms in total. The van der Waals surface area contributed by atoms with Crippen molar-refractivity contribution in [3.8, 4) is 0 Å². The lowest BCUT2D eigenvalue weighted by atomic mass is 10.1. The van der Waals surface area contributed by atoms with E-state index >= 15 is 0 Å². The third kappa shape index (κ3) is 4.51. The van der Waals surface area contributed by atoms with E-state index in [4.69, 9.17) is 0 Å². The van der Waals surface area contributed by atoms with E-state index in [0.717, 1.165) is 16.8 Å². The molecule has 1 aromatic carbocycles. The van der Waals surface area contributed by atoms with Gasteiger partial charge in [-0.25, -0.2) is 4.39 Å². The largest absolute Gasteiger partial charge is 0.322 e. The number of hydrogen-bond acceptors (Lipinski definition) is 1. The van der Waals surface area contributed by atoms with Crippen molar-refractivity contribution >= 4 is 18.9 Å². The molecule has 1 aliphatic rings. The van der Waals surface area contributed by atoms with Gasteiger partial charge in [-0.3, -0.25) is 4.79 Å². The second-order valence-electron chi connectivity index (χ2n) is 6.60. The van der Waals surface area contributed by atoms with Crippen molar-refractivity contribution < 1.29 is 9.18 Å². The molecule has 1 amide bonds. The van der Waals surface area contributed by atoms with Crippen molar-refractivity contribution in [2.45, 2.75) is 39.5 Å². The molecule has 1 heterocycles. The Labute approximate surface area is 127 Å². The normalized spacial score (nSPS) is 18.1. The van der Waals surface area contributed by atoms with Crippen molar-refractivity contribution in [2.75, 3.05) is 30.5 Å². The Morgan fingerprint density at radius 3 is 2.19 bits per heavy atom. The van der Waals surface area contributed by atoms with Crippen LogP contribution in [0.4, 0.5) is 10.1 Å². The van der Waals surface area contributed by atoms with Crippen LogP contribution in [0.2, 0.25) is 0 Å². The van der Waals surface area contributed by atoms with Crippen LogP contribution in [0, 0.1) is 19.7 Å². The van der Waals surface area contributed by atoms with E-state index in [2.05, 4.69) is 12.0 Å². The van der Waals surface area contributed by atoms with Gasteiger partial charge in [-0.15, -0.1) is 0 Å². The molecule has 0 atom stereocenters. The lowest BCUT2D eigenvalue weighted by molar-refractivity contribution is -0.113. The maximum absolute atomic E-state index is 13.3. The minimum Gasteiger partial charge on any atom is -0.322 e. The van der Waals surface area contributed by atoms with Crippen molar-refractivity contribution in [3.63, 3.8) is 0 Å². The first kappa shape index (κ1) is 16.4. The minimum atomic E-state index is -1.13. The lowest BCUT2D eigenvalue weighted by Gasteiger charge is -2.21. The molecule has 1 aromatic rings. The first-order chi connectivity index (χ1) is 9.89. The third-order valence-electron chi connectivity index (χ3n) is 4.43. The van der Waals surface area contributed by atoms with Crippen LogP contribution in [0.3, 0.4) is 0 Å². The molecule has 0 unspecified atom stereocenters. The molecule has 116 valence electrons. The smallest absolute Gasteiger partial charge is 0.261 e. The molecule has 4 heteroatoms. The zero-order chi connectivity index (χ0) is 15.5. The van der Waals surface area contributed by atoms with Gasteiger partial charge in [0.1, 0.15) is 12.0 Å². The van der Waals surface area contributed by atoms with Crippen LogP contribution >= 0.6 is 7.26 Å². The Balaban J connectivity index is 2.05. The Hall–Kier alpha value is -0.950. The number of carbonyl (C=O) groups is 1. The molecule has 1 fully saturated rings. The average Bonchev–Trinajstić information content (AvgIpc) is 2.58. The summed E-state index contributed by atoms with van der Waals surface area (Å²) in [6, 6.07) is 2.95. The fourth-order valence-electron chi connectivity index (χ4n) is 3.24. The van der Waals surface area contributed by atoms with Gasteiger partial charge in [0.25, 0.3) is 5.91 Å². The van der Waals surface area contributed by atoms with E-state index in [9.17, 15) is 9.18 Å². The van der Waals surface area contributed by atoms with E-state index in [-0.39, 0.29) is 11.7 Å². The third-order valence-corrected chi connectivity index (χ3v) is 8.28. The second-order valence-corrected chi connectivity index (χ2v) is 11.1. The predicted octanol–water partition coefficient (Wildman–Crippen LogP) is 4.60. The van der Waals surface area contributed by atoms with Crippen LogP contribution in [0.25, 0.3) is 0 Å². The van der Waals surface area contributed by atoms with Crippen LogP contribution in [0.1, 0.15) is 36.8 Å². The van der Waals surface area contributed by atoms with Crippen molar-refractivity contribution in [2.24, 2.45) is 0 Å². The molecule has 2 rings (SSSR count). The Bertz CT molecular complexity index is 499. The number of anilines is 1. The molecule has 21 heavy (non-hydrogen) atoms. The number of hydrogen-bond donors (Lipinski definition) is 1. The standard InChI is InChI=1S/C17H25FNOP/c1-13-10-15(18)11-14(2)17(13)19-16(20)12-21(3)8-6-4-5-7-9-21/h10-11H,4-9,12H2,1-3H3/p+1. The van der Waals surface area contributed by atoms with E-state index in [1.54, 1.807) is 0 Å². The van der Waals surface area contributed by atoms with Gasteiger partial charge in [-0.1, -0.05) is 0 Å². The average molecular weight is 310 g/mol. The van der Waals surface area contributed by atoms with Crippen LogP contribution in [-0.4, -0.2) is 31.1 Å². The first-order valence-electron chi connectivity index (χ1n) is 7.80. The van der Waals surface area contributed by atoms with Crippen LogP contribution in [0.15, 0.2) is 12.1 Å². The molecule has 1 N–H and O–H groups in total. The van der Waals surface area contributed by atoms with Gasteiger partial charge in [0.15, 0.2) is 0 Å². The van der Waals surface area contributed by atoms with Gasteiger partial charge in [-0.05, 0) is 62.8 Å². The number of aryl methyl sites for hydroxylation is 2.